The van der Waals surface area contributed by atoms with Crippen LogP contribution in [0.15, 0.2) is 54.6 Å². The monoisotopic (exact) mass is 316 g/mol. The Balaban J connectivity index is 2.17. The van der Waals surface area contributed by atoms with Gasteiger partial charge in [-0.3, -0.25) is 9.59 Å². The van der Waals surface area contributed by atoms with Crippen LogP contribution in [0.25, 0.3) is 0 Å². The normalized spacial score (nSPS) is 10.2. The molecule has 2 aromatic carbocycles. The fourth-order valence-electron chi connectivity index (χ4n) is 2.08. The van der Waals surface area contributed by atoms with Gasteiger partial charge in [0, 0.05) is 30.1 Å². The van der Waals surface area contributed by atoms with Crippen molar-refractivity contribution in [3.05, 3.63) is 70.7 Å². The first kappa shape index (κ1) is 16.0. The van der Waals surface area contributed by atoms with Gasteiger partial charge in [-0.25, -0.2) is 0 Å². The van der Waals surface area contributed by atoms with E-state index in [0.29, 0.717) is 17.1 Å². The van der Waals surface area contributed by atoms with Crippen molar-refractivity contribution >= 4 is 23.4 Å². The van der Waals surface area contributed by atoms with E-state index in [1.54, 1.807) is 29.2 Å². The predicted molar refractivity (Wildman–Crippen MR) is 86.4 cm³/mol. The van der Waals surface area contributed by atoms with E-state index in [2.05, 4.69) is 0 Å². The zero-order valence-electron chi connectivity index (χ0n) is 12.0. The van der Waals surface area contributed by atoms with Crippen LogP contribution in [0.2, 0.25) is 5.02 Å². The molecule has 0 spiro atoms. The van der Waals surface area contributed by atoms with Gasteiger partial charge in [-0.05, 0) is 29.8 Å². The summed E-state index contributed by atoms with van der Waals surface area (Å²) in [4.78, 5) is 25.2. The van der Waals surface area contributed by atoms with Crippen molar-refractivity contribution in [1.29, 1.82) is 0 Å². The van der Waals surface area contributed by atoms with E-state index in [0.717, 1.165) is 5.56 Å². The zero-order valence-corrected chi connectivity index (χ0v) is 12.8. The first-order chi connectivity index (χ1) is 10.6. The third-order valence-corrected chi connectivity index (χ3v) is 3.47. The molecule has 0 bridgehead atoms. The number of primary amides is 1. The molecule has 4 nitrogen and oxygen atoms in total. The molecule has 2 amide bonds. The summed E-state index contributed by atoms with van der Waals surface area (Å²) >= 11 is 5.84. The molecule has 0 aliphatic rings. The van der Waals surface area contributed by atoms with E-state index < -0.39 is 5.91 Å². The summed E-state index contributed by atoms with van der Waals surface area (Å²) in [7, 11) is 0. The molecule has 0 saturated carbocycles. The summed E-state index contributed by atoms with van der Waals surface area (Å²) < 4.78 is 0. The van der Waals surface area contributed by atoms with Gasteiger partial charge in [-0.15, -0.1) is 0 Å². The Bertz CT molecular complexity index is 641. The van der Waals surface area contributed by atoms with Gasteiger partial charge >= 0.3 is 0 Å². The molecular weight excluding hydrogens is 300 g/mol. The van der Waals surface area contributed by atoms with Crippen molar-refractivity contribution in [1.82, 2.24) is 4.90 Å². The van der Waals surface area contributed by atoms with E-state index in [1.165, 1.54) is 0 Å². The number of nitrogens with zero attached hydrogens (tertiary/aromatic N) is 1. The highest BCUT2D eigenvalue weighted by molar-refractivity contribution is 6.30. The third-order valence-electron chi connectivity index (χ3n) is 3.22. The Kier molecular flexibility index (Phi) is 5.55. The molecule has 5 heteroatoms. The Morgan fingerprint density at radius 1 is 1.00 bits per heavy atom. The van der Waals surface area contributed by atoms with E-state index in [-0.39, 0.29) is 18.9 Å². The highest BCUT2D eigenvalue weighted by Crippen LogP contribution is 2.14. The van der Waals surface area contributed by atoms with E-state index in [1.807, 2.05) is 30.3 Å². The second-order valence-electron chi connectivity index (χ2n) is 4.94. The number of amides is 2. The fourth-order valence-corrected chi connectivity index (χ4v) is 2.20. The Labute approximate surface area is 134 Å². The van der Waals surface area contributed by atoms with Gasteiger partial charge in [-0.2, -0.15) is 0 Å². The number of benzene rings is 2. The molecule has 0 aliphatic carbocycles. The number of carbonyl (C=O) groups excluding carboxylic acids is 2. The summed E-state index contributed by atoms with van der Waals surface area (Å²) in [5, 5.41) is 0.572. The van der Waals surface area contributed by atoms with Gasteiger partial charge in [0.25, 0.3) is 5.91 Å². The molecule has 0 radical (unpaired) electrons. The van der Waals surface area contributed by atoms with Crippen LogP contribution >= 0.6 is 11.6 Å². The highest BCUT2D eigenvalue weighted by Gasteiger charge is 2.16. The van der Waals surface area contributed by atoms with Crippen LogP contribution in [-0.4, -0.2) is 23.3 Å². The van der Waals surface area contributed by atoms with E-state index in [9.17, 15) is 9.59 Å². The van der Waals surface area contributed by atoms with Crippen molar-refractivity contribution in [3.8, 4) is 0 Å². The van der Waals surface area contributed by atoms with Crippen LogP contribution in [0, 0.1) is 0 Å². The van der Waals surface area contributed by atoms with Crippen molar-refractivity contribution in [2.24, 2.45) is 5.73 Å². The lowest BCUT2D eigenvalue weighted by Crippen LogP contribution is -2.33. The summed E-state index contributed by atoms with van der Waals surface area (Å²) in [6.45, 7) is 0.710. The minimum atomic E-state index is -0.429. The highest BCUT2D eigenvalue weighted by atomic mass is 35.5. The lowest BCUT2D eigenvalue weighted by atomic mass is 10.1. The molecular formula is C17H17ClN2O2. The number of rotatable bonds is 6. The van der Waals surface area contributed by atoms with Gasteiger partial charge < -0.3 is 10.6 Å². The smallest absolute Gasteiger partial charge is 0.254 e. The van der Waals surface area contributed by atoms with Gasteiger partial charge in [0.05, 0.1) is 0 Å². The second-order valence-corrected chi connectivity index (χ2v) is 5.37. The maximum atomic E-state index is 12.6. The van der Waals surface area contributed by atoms with E-state index >= 15 is 0 Å². The van der Waals surface area contributed by atoms with E-state index in [4.69, 9.17) is 17.3 Å². The Morgan fingerprint density at radius 2 is 1.64 bits per heavy atom. The predicted octanol–water partition coefficient (Wildman–Crippen LogP) is 2.86. The molecule has 0 unspecified atom stereocenters. The van der Waals surface area contributed by atoms with Crippen LogP contribution in [0.4, 0.5) is 0 Å². The van der Waals surface area contributed by atoms with Crippen molar-refractivity contribution < 1.29 is 9.59 Å². The van der Waals surface area contributed by atoms with Crippen LogP contribution in [0.1, 0.15) is 22.3 Å². The standard InChI is InChI=1S/C17H17ClN2O2/c18-15-8-6-14(7-9-15)17(22)20(11-10-16(19)21)12-13-4-2-1-3-5-13/h1-9H,10-12H2,(H2,19,21). The zero-order chi connectivity index (χ0) is 15.9. The van der Waals surface area contributed by atoms with Crippen LogP contribution in [-0.2, 0) is 11.3 Å². The maximum Gasteiger partial charge on any atom is 0.254 e. The molecule has 2 rings (SSSR count). The average molecular weight is 317 g/mol. The topological polar surface area (TPSA) is 63.4 Å². The summed E-state index contributed by atoms with van der Waals surface area (Å²) in [6.07, 6.45) is 0.131. The molecule has 0 heterocycles. The minimum absolute atomic E-state index is 0.131. The first-order valence-corrected chi connectivity index (χ1v) is 7.31. The number of nitrogens with two attached hydrogens (primary N) is 1. The summed E-state index contributed by atoms with van der Waals surface area (Å²) in [5.41, 5.74) is 6.73. The largest absolute Gasteiger partial charge is 0.370 e. The number of hydrogen-bond acceptors (Lipinski definition) is 2. The second kappa shape index (κ2) is 7.61. The number of carbonyl (C=O) groups is 2. The maximum absolute atomic E-state index is 12.6. The van der Waals surface area contributed by atoms with Gasteiger partial charge in [0.2, 0.25) is 5.91 Å². The van der Waals surface area contributed by atoms with Gasteiger partial charge in [0.1, 0.15) is 0 Å². The lowest BCUT2D eigenvalue weighted by Gasteiger charge is -2.22. The van der Waals surface area contributed by atoms with Crippen LogP contribution < -0.4 is 5.73 Å². The Hall–Kier alpha value is -2.33. The van der Waals surface area contributed by atoms with Crippen molar-refractivity contribution in [2.75, 3.05) is 6.54 Å². The molecule has 2 N–H and O–H groups in total. The number of hydrogen-bond donors (Lipinski definition) is 1. The first-order valence-electron chi connectivity index (χ1n) is 6.93. The average Bonchev–Trinajstić information content (AvgIpc) is 2.52. The minimum Gasteiger partial charge on any atom is -0.370 e. The SMILES string of the molecule is NC(=O)CCN(Cc1ccccc1)C(=O)c1ccc(Cl)cc1. The molecule has 0 saturated heterocycles. The summed E-state index contributed by atoms with van der Waals surface area (Å²) in [6, 6.07) is 16.3. The molecule has 2 aromatic rings. The molecule has 0 aromatic heterocycles. The fraction of sp³-hybridized carbons (Fsp3) is 0.176. The third kappa shape index (κ3) is 4.60. The van der Waals surface area contributed by atoms with Gasteiger partial charge in [0.15, 0.2) is 0 Å². The molecule has 114 valence electrons. The molecule has 0 aliphatic heterocycles. The summed E-state index contributed by atoms with van der Waals surface area (Å²) in [5.74, 6) is -0.580. The van der Waals surface area contributed by atoms with Crippen molar-refractivity contribution in [2.45, 2.75) is 13.0 Å². The van der Waals surface area contributed by atoms with Crippen LogP contribution in [0.3, 0.4) is 0 Å². The Morgan fingerprint density at radius 3 is 2.23 bits per heavy atom. The quantitative estimate of drug-likeness (QED) is 0.890. The number of halogens is 1. The molecule has 0 fully saturated rings. The van der Waals surface area contributed by atoms with Crippen LogP contribution in [0.5, 0.6) is 0 Å². The van der Waals surface area contributed by atoms with Crippen molar-refractivity contribution in [3.63, 3.8) is 0 Å². The lowest BCUT2D eigenvalue weighted by molar-refractivity contribution is -0.118. The molecule has 0 atom stereocenters. The van der Waals surface area contributed by atoms with Gasteiger partial charge in [-0.1, -0.05) is 41.9 Å². The molecule has 22 heavy (non-hydrogen) atoms.